The SMILES string of the molecule is Cc1cc(OC2CNCC2O)cc(C)c1Br. The molecule has 1 heterocycles. The van der Waals surface area contributed by atoms with E-state index in [1.165, 1.54) is 0 Å². The standard InChI is InChI=1S/C12H16BrNO2/c1-7-3-9(4-8(2)12(7)13)16-11-6-14-5-10(11)15/h3-4,10-11,14-15H,5-6H2,1-2H3. The fraction of sp³-hybridized carbons (Fsp3) is 0.500. The van der Waals surface area contributed by atoms with Gasteiger partial charge in [-0.15, -0.1) is 0 Å². The Bertz CT molecular complexity index is 372. The van der Waals surface area contributed by atoms with Crippen LogP contribution in [0.1, 0.15) is 11.1 Å². The summed E-state index contributed by atoms with van der Waals surface area (Å²) in [6.07, 6.45) is -0.552. The Morgan fingerprint density at radius 1 is 1.31 bits per heavy atom. The summed E-state index contributed by atoms with van der Waals surface area (Å²) in [6.45, 7) is 5.38. The third-order valence-corrected chi connectivity index (χ3v) is 4.08. The van der Waals surface area contributed by atoms with E-state index in [4.69, 9.17) is 4.74 Å². The van der Waals surface area contributed by atoms with Crippen LogP contribution in [0.25, 0.3) is 0 Å². The summed E-state index contributed by atoms with van der Waals surface area (Å²) in [4.78, 5) is 0. The van der Waals surface area contributed by atoms with Crippen molar-refractivity contribution in [2.75, 3.05) is 13.1 Å². The minimum absolute atomic E-state index is 0.139. The number of ether oxygens (including phenoxy) is 1. The van der Waals surface area contributed by atoms with Crippen molar-refractivity contribution in [2.24, 2.45) is 0 Å². The van der Waals surface area contributed by atoms with Gasteiger partial charge in [0.05, 0.1) is 0 Å². The molecule has 0 radical (unpaired) electrons. The fourth-order valence-corrected chi connectivity index (χ4v) is 2.14. The van der Waals surface area contributed by atoms with Gasteiger partial charge in [0.1, 0.15) is 18.0 Å². The Morgan fingerprint density at radius 3 is 2.44 bits per heavy atom. The van der Waals surface area contributed by atoms with Crippen molar-refractivity contribution in [3.8, 4) is 5.75 Å². The van der Waals surface area contributed by atoms with Crippen LogP contribution < -0.4 is 10.1 Å². The zero-order chi connectivity index (χ0) is 11.7. The molecule has 1 saturated heterocycles. The van der Waals surface area contributed by atoms with E-state index in [-0.39, 0.29) is 6.10 Å². The number of hydrogen-bond donors (Lipinski definition) is 2. The zero-order valence-electron chi connectivity index (χ0n) is 9.46. The lowest BCUT2D eigenvalue weighted by atomic mass is 10.1. The monoisotopic (exact) mass is 285 g/mol. The molecule has 2 unspecified atom stereocenters. The summed E-state index contributed by atoms with van der Waals surface area (Å²) in [5, 5.41) is 12.7. The van der Waals surface area contributed by atoms with Gasteiger partial charge < -0.3 is 15.2 Å². The van der Waals surface area contributed by atoms with Crippen molar-refractivity contribution in [2.45, 2.75) is 26.1 Å². The van der Waals surface area contributed by atoms with Gasteiger partial charge in [0.25, 0.3) is 0 Å². The van der Waals surface area contributed by atoms with E-state index in [0.29, 0.717) is 13.1 Å². The number of aliphatic hydroxyl groups is 1. The Balaban J connectivity index is 2.15. The molecule has 2 rings (SSSR count). The van der Waals surface area contributed by atoms with Gasteiger partial charge in [-0.2, -0.15) is 0 Å². The van der Waals surface area contributed by atoms with E-state index in [1.807, 2.05) is 26.0 Å². The largest absolute Gasteiger partial charge is 0.486 e. The topological polar surface area (TPSA) is 41.5 Å². The second kappa shape index (κ2) is 4.73. The third kappa shape index (κ3) is 2.39. The lowest BCUT2D eigenvalue weighted by molar-refractivity contribution is 0.0737. The second-order valence-electron chi connectivity index (χ2n) is 4.25. The number of nitrogens with one attached hydrogen (secondary N) is 1. The van der Waals surface area contributed by atoms with Crippen molar-refractivity contribution < 1.29 is 9.84 Å². The molecule has 0 saturated carbocycles. The minimum atomic E-state index is -0.413. The van der Waals surface area contributed by atoms with Gasteiger partial charge in [0, 0.05) is 17.6 Å². The smallest absolute Gasteiger partial charge is 0.138 e. The quantitative estimate of drug-likeness (QED) is 0.870. The summed E-state index contributed by atoms with van der Waals surface area (Å²) >= 11 is 3.52. The van der Waals surface area contributed by atoms with E-state index in [2.05, 4.69) is 21.2 Å². The highest BCUT2D eigenvalue weighted by molar-refractivity contribution is 9.10. The van der Waals surface area contributed by atoms with Gasteiger partial charge >= 0.3 is 0 Å². The maximum Gasteiger partial charge on any atom is 0.138 e. The molecule has 2 N–H and O–H groups in total. The lowest BCUT2D eigenvalue weighted by Gasteiger charge is -2.17. The molecule has 1 aromatic rings. The van der Waals surface area contributed by atoms with E-state index in [9.17, 15) is 5.11 Å². The normalized spacial score (nSPS) is 24.8. The highest BCUT2D eigenvalue weighted by Gasteiger charge is 2.26. The molecule has 0 spiro atoms. The van der Waals surface area contributed by atoms with Gasteiger partial charge in [-0.05, 0) is 37.1 Å². The van der Waals surface area contributed by atoms with Gasteiger partial charge in [0.15, 0.2) is 0 Å². The number of benzene rings is 1. The maximum absolute atomic E-state index is 9.65. The number of aryl methyl sites for hydroxylation is 2. The summed E-state index contributed by atoms with van der Waals surface area (Å²) in [5.74, 6) is 0.825. The van der Waals surface area contributed by atoms with Gasteiger partial charge in [-0.1, -0.05) is 15.9 Å². The first-order valence-corrected chi connectivity index (χ1v) is 6.19. The molecule has 0 amide bonds. The first kappa shape index (κ1) is 11.9. The Kier molecular flexibility index (Phi) is 3.52. The Labute approximate surface area is 104 Å². The molecular weight excluding hydrogens is 270 g/mol. The lowest BCUT2D eigenvalue weighted by Crippen LogP contribution is -2.29. The van der Waals surface area contributed by atoms with Crippen LogP contribution in [-0.2, 0) is 0 Å². The van der Waals surface area contributed by atoms with E-state index >= 15 is 0 Å². The van der Waals surface area contributed by atoms with E-state index in [0.717, 1.165) is 21.3 Å². The van der Waals surface area contributed by atoms with Crippen LogP contribution in [0.5, 0.6) is 5.75 Å². The molecule has 0 aliphatic carbocycles. The highest BCUT2D eigenvalue weighted by Crippen LogP contribution is 2.27. The maximum atomic E-state index is 9.65. The third-order valence-electron chi connectivity index (χ3n) is 2.83. The predicted molar refractivity (Wildman–Crippen MR) is 66.9 cm³/mol. The Morgan fingerprint density at radius 2 is 1.94 bits per heavy atom. The van der Waals surface area contributed by atoms with E-state index in [1.54, 1.807) is 0 Å². The van der Waals surface area contributed by atoms with Crippen LogP contribution in [0.2, 0.25) is 0 Å². The first-order chi connectivity index (χ1) is 7.58. The van der Waals surface area contributed by atoms with Crippen molar-refractivity contribution in [3.63, 3.8) is 0 Å². The number of aliphatic hydroxyl groups excluding tert-OH is 1. The second-order valence-corrected chi connectivity index (χ2v) is 5.05. The fourth-order valence-electron chi connectivity index (χ4n) is 1.91. The Hall–Kier alpha value is -0.580. The van der Waals surface area contributed by atoms with Crippen molar-refractivity contribution in [1.29, 1.82) is 0 Å². The van der Waals surface area contributed by atoms with Crippen molar-refractivity contribution in [1.82, 2.24) is 5.32 Å². The van der Waals surface area contributed by atoms with Crippen LogP contribution in [0, 0.1) is 13.8 Å². The molecule has 4 heteroatoms. The summed E-state index contributed by atoms with van der Waals surface area (Å²) in [6, 6.07) is 3.98. The molecule has 0 aromatic heterocycles. The molecule has 16 heavy (non-hydrogen) atoms. The first-order valence-electron chi connectivity index (χ1n) is 5.40. The van der Waals surface area contributed by atoms with E-state index < -0.39 is 6.10 Å². The number of β-amino-alcohol motifs (C(OH)–C–C–N with tert-alkyl or cyclic N) is 1. The van der Waals surface area contributed by atoms with Gasteiger partial charge in [-0.3, -0.25) is 0 Å². The van der Waals surface area contributed by atoms with Crippen LogP contribution in [0.15, 0.2) is 16.6 Å². The summed E-state index contributed by atoms with van der Waals surface area (Å²) < 4.78 is 6.89. The molecular formula is C12H16BrNO2. The molecule has 3 nitrogen and oxygen atoms in total. The van der Waals surface area contributed by atoms with Gasteiger partial charge in [-0.25, -0.2) is 0 Å². The molecule has 1 aromatic carbocycles. The number of halogens is 1. The number of rotatable bonds is 2. The average Bonchev–Trinajstić information content (AvgIpc) is 2.61. The molecule has 88 valence electrons. The zero-order valence-corrected chi connectivity index (χ0v) is 11.0. The summed E-state index contributed by atoms with van der Waals surface area (Å²) in [7, 11) is 0. The highest BCUT2D eigenvalue weighted by atomic mass is 79.9. The molecule has 2 atom stereocenters. The average molecular weight is 286 g/mol. The molecule has 1 aliphatic heterocycles. The predicted octanol–water partition coefficient (Wildman–Crippen LogP) is 1.78. The van der Waals surface area contributed by atoms with Crippen LogP contribution >= 0.6 is 15.9 Å². The van der Waals surface area contributed by atoms with Gasteiger partial charge in [0.2, 0.25) is 0 Å². The van der Waals surface area contributed by atoms with Crippen LogP contribution in [-0.4, -0.2) is 30.4 Å². The van der Waals surface area contributed by atoms with Crippen LogP contribution in [0.4, 0.5) is 0 Å². The minimum Gasteiger partial charge on any atom is -0.486 e. The van der Waals surface area contributed by atoms with Crippen LogP contribution in [0.3, 0.4) is 0 Å². The molecule has 1 aliphatic rings. The van der Waals surface area contributed by atoms with Crippen molar-refractivity contribution in [3.05, 3.63) is 27.7 Å². The number of hydrogen-bond acceptors (Lipinski definition) is 3. The summed E-state index contributed by atoms with van der Waals surface area (Å²) in [5.41, 5.74) is 2.30. The van der Waals surface area contributed by atoms with Crippen molar-refractivity contribution >= 4 is 15.9 Å². The molecule has 1 fully saturated rings. The molecule has 0 bridgehead atoms.